The molecule has 0 fully saturated rings. The van der Waals surface area contributed by atoms with Crippen molar-refractivity contribution in [1.29, 1.82) is 0 Å². The van der Waals surface area contributed by atoms with Gasteiger partial charge in [-0.2, -0.15) is 0 Å². The van der Waals surface area contributed by atoms with Gasteiger partial charge in [-0.15, -0.1) is 11.3 Å². The third-order valence-electron chi connectivity index (χ3n) is 10.2. The first-order chi connectivity index (χ1) is 20.3. The Balaban J connectivity index is 1.52. The van der Waals surface area contributed by atoms with Crippen LogP contribution in [0.3, 0.4) is 0 Å². The normalized spacial score (nSPS) is 17.6. The molecular formula is C38H44N2O2S. The molecule has 5 heteroatoms. The van der Waals surface area contributed by atoms with Gasteiger partial charge in [0.05, 0.1) is 15.8 Å². The number of thiazole rings is 1. The number of aromatic nitrogens is 1. The van der Waals surface area contributed by atoms with Gasteiger partial charge in [-0.1, -0.05) is 86.1 Å². The highest BCUT2D eigenvalue weighted by atomic mass is 32.1. The van der Waals surface area contributed by atoms with E-state index in [9.17, 15) is 4.79 Å². The van der Waals surface area contributed by atoms with Crippen molar-refractivity contribution in [2.75, 3.05) is 18.0 Å². The lowest BCUT2D eigenvalue weighted by Gasteiger charge is -2.48. The van der Waals surface area contributed by atoms with Crippen LogP contribution >= 0.6 is 11.3 Å². The topological polar surface area (TPSA) is 46.3 Å². The van der Waals surface area contributed by atoms with Gasteiger partial charge >= 0.3 is 5.63 Å². The van der Waals surface area contributed by atoms with Crippen molar-refractivity contribution in [2.24, 2.45) is 0 Å². The first-order valence-corrected chi connectivity index (χ1v) is 16.9. The Morgan fingerprint density at radius 2 is 1.72 bits per heavy atom. The fraction of sp³-hybridized carbons (Fsp3) is 0.474. The van der Waals surface area contributed by atoms with Crippen LogP contribution in [0.1, 0.15) is 103 Å². The van der Waals surface area contributed by atoms with Crippen LogP contribution in [0.5, 0.6) is 0 Å². The van der Waals surface area contributed by atoms with Gasteiger partial charge in [-0.05, 0) is 76.1 Å². The van der Waals surface area contributed by atoms with Crippen molar-refractivity contribution in [1.82, 2.24) is 4.98 Å². The molecule has 224 valence electrons. The van der Waals surface area contributed by atoms with Gasteiger partial charge in [-0.3, -0.25) is 0 Å². The van der Waals surface area contributed by atoms with Gasteiger partial charge in [0.1, 0.15) is 10.6 Å². The van der Waals surface area contributed by atoms with Crippen LogP contribution in [0.2, 0.25) is 0 Å². The van der Waals surface area contributed by atoms with Crippen molar-refractivity contribution < 1.29 is 4.42 Å². The quantitative estimate of drug-likeness (QED) is 0.195. The molecule has 0 bridgehead atoms. The number of aryl methyl sites for hydroxylation is 1. The third-order valence-corrected chi connectivity index (χ3v) is 11.3. The minimum atomic E-state index is -0.254. The highest BCUT2D eigenvalue weighted by Crippen LogP contribution is 2.52. The van der Waals surface area contributed by atoms with E-state index in [1.165, 1.54) is 27.8 Å². The van der Waals surface area contributed by atoms with Gasteiger partial charge < -0.3 is 9.32 Å². The van der Waals surface area contributed by atoms with E-state index >= 15 is 0 Å². The summed E-state index contributed by atoms with van der Waals surface area (Å²) >= 11 is 1.62. The number of hydrogen-bond acceptors (Lipinski definition) is 5. The van der Waals surface area contributed by atoms with Crippen LogP contribution in [-0.4, -0.2) is 18.1 Å². The SMILES string of the molecule is CCCCc1c(-c2nc3c(ccc4cc(C(C)(C)C)ccc43)s2)c(=O)oc2c3c4c(cc12)C(C)(C)CCN4CCC3(C)C. The second-order valence-corrected chi connectivity index (χ2v) is 16.3. The molecule has 0 amide bonds. The number of anilines is 1. The van der Waals surface area contributed by atoms with Gasteiger partial charge in [0, 0.05) is 35.1 Å². The highest BCUT2D eigenvalue weighted by Gasteiger charge is 2.42. The minimum absolute atomic E-state index is 0.0568. The maximum atomic E-state index is 14.2. The number of fused-ring (bicyclic) bond motifs is 5. The molecule has 0 N–H and O–H groups in total. The van der Waals surface area contributed by atoms with Crippen LogP contribution in [0.25, 0.3) is 42.5 Å². The second-order valence-electron chi connectivity index (χ2n) is 15.2. The molecule has 4 heterocycles. The standard InChI is InChI=1S/C38H44N2O2S/c1-9-10-11-25-26-21-27-32-30(38(7,8)17-19-40(32)18-16-37(27,5)6)33(26)42-35(41)29(25)34-39-31-24-14-13-23(36(2,3)4)20-22(24)12-15-28(31)43-34/h12-15,20-21H,9-11,16-19H2,1-8H3. The first-order valence-electron chi connectivity index (χ1n) is 16.1. The maximum Gasteiger partial charge on any atom is 0.346 e. The Morgan fingerprint density at radius 1 is 0.977 bits per heavy atom. The zero-order valence-electron chi connectivity index (χ0n) is 27.0. The van der Waals surface area contributed by atoms with Crippen molar-refractivity contribution in [3.63, 3.8) is 0 Å². The van der Waals surface area contributed by atoms with E-state index in [4.69, 9.17) is 9.40 Å². The van der Waals surface area contributed by atoms with Crippen molar-refractivity contribution in [2.45, 2.75) is 104 Å². The Bertz CT molecular complexity index is 1980. The summed E-state index contributed by atoms with van der Waals surface area (Å²) in [4.78, 5) is 21.9. The summed E-state index contributed by atoms with van der Waals surface area (Å²) in [5.74, 6) is 0. The largest absolute Gasteiger partial charge is 0.422 e. The Hall–Kier alpha value is -3.18. The summed E-state index contributed by atoms with van der Waals surface area (Å²) in [5, 5.41) is 4.21. The Labute approximate surface area is 259 Å². The molecule has 4 nitrogen and oxygen atoms in total. The van der Waals surface area contributed by atoms with Crippen LogP contribution in [-0.2, 0) is 22.7 Å². The molecule has 2 aliphatic rings. The molecule has 0 aliphatic carbocycles. The monoisotopic (exact) mass is 592 g/mol. The van der Waals surface area contributed by atoms with Crippen LogP contribution in [0.4, 0.5) is 5.69 Å². The molecule has 0 unspecified atom stereocenters. The van der Waals surface area contributed by atoms with E-state index in [1.54, 1.807) is 11.3 Å². The van der Waals surface area contributed by atoms with Crippen molar-refractivity contribution in [3.05, 3.63) is 69.1 Å². The fourth-order valence-electron chi connectivity index (χ4n) is 7.41. The number of rotatable bonds is 4. The maximum absolute atomic E-state index is 14.2. The van der Waals surface area contributed by atoms with Crippen LogP contribution < -0.4 is 10.5 Å². The van der Waals surface area contributed by atoms with Crippen LogP contribution in [0.15, 0.2) is 45.6 Å². The lowest BCUT2D eigenvalue weighted by molar-refractivity contribution is 0.398. The molecule has 0 atom stereocenters. The average Bonchev–Trinajstić information content (AvgIpc) is 3.37. The predicted molar refractivity (Wildman–Crippen MR) is 183 cm³/mol. The number of nitrogens with zero attached hydrogens (tertiary/aromatic N) is 2. The molecule has 0 radical (unpaired) electrons. The van der Waals surface area contributed by atoms with Crippen LogP contribution in [0, 0.1) is 0 Å². The molecule has 0 saturated carbocycles. The van der Waals surface area contributed by atoms with Crippen molar-refractivity contribution in [3.8, 4) is 10.6 Å². The summed E-state index contributed by atoms with van der Waals surface area (Å²) in [7, 11) is 0. The van der Waals surface area contributed by atoms with E-state index in [0.29, 0.717) is 5.56 Å². The highest BCUT2D eigenvalue weighted by molar-refractivity contribution is 7.21. The molecular weight excluding hydrogens is 548 g/mol. The average molecular weight is 593 g/mol. The van der Waals surface area contributed by atoms with Gasteiger partial charge in [0.15, 0.2) is 0 Å². The molecule has 0 spiro atoms. The Morgan fingerprint density at radius 3 is 2.44 bits per heavy atom. The minimum Gasteiger partial charge on any atom is -0.422 e. The van der Waals surface area contributed by atoms with Gasteiger partial charge in [-0.25, -0.2) is 9.78 Å². The molecule has 2 aromatic heterocycles. The van der Waals surface area contributed by atoms with E-state index in [0.717, 1.165) is 82.3 Å². The summed E-state index contributed by atoms with van der Waals surface area (Å²) < 4.78 is 7.57. The third kappa shape index (κ3) is 4.44. The summed E-state index contributed by atoms with van der Waals surface area (Å²) in [6, 6.07) is 13.5. The van der Waals surface area contributed by atoms with E-state index in [1.807, 2.05) is 0 Å². The fourth-order valence-corrected chi connectivity index (χ4v) is 8.45. The smallest absolute Gasteiger partial charge is 0.346 e. The first kappa shape index (κ1) is 28.6. The Kier molecular flexibility index (Phi) is 6.42. The molecule has 0 saturated heterocycles. The lowest BCUT2D eigenvalue weighted by Crippen LogP contribution is -2.44. The zero-order valence-corrected chi connectivity index (χ0v) is 27.8. The lowest BCUT2D eigenvalue weighted by atomic mass is 9.69. The molecule has 3 aromatic carbocycles. The number of hydrogen-bond donors (Lipinski definition) is 0. The number of unbranched alkanes of at least 4 members (excludes halogenated alkanes) is 1. The second kappa shape index (κ2) is 9.66. The van der Waals surface area contributed by atoms with E-state index in [2.05, 4.69) is 96.7 Å². The van der Waals surface area contributed by atoms with Gasteiger partial charge in [0.25, 0.3) is 0 Å². The van der Waals surface area contributed by atoms with Crippen molar-refractivity contribution >= 4 is 49.0 Å². The molecule has 2 aliphatic heterocycles. The number of benzene rings is 3. The van der Waals surface area contributed by atoms with E-state index in [-0.39, 0.29) is 21.9 Å². The summed E-state index contributed by atoms with van der Waals surface area (Å²) in [5.41, 5.74) is 8.60. The van der Waals surface area contributed by atoms with E-state index < -0.39 is 0 Å². The predicted octanol–water partition coefficient (Wildman–Crippen LogP) is 10.0. The zero-order chi connectivity index (χ0) is 30.5. The molecule has 7 rings (SSSR count). The molecule has 43 heavy (non-hydrogen) atoms. The summed E-state index contributed by atoms with van der Waals surface area (Å²) in [6.07, 6.45) is 5.09. The summed E-state index contributed by atoms with van der Waals surface area (Å²) in [6.45, 7) is 20.5. The van der Waals surface area contributed by atoms with Gasteiger partial charge in [0.2, 0.25) is 0 Å². The molecule has 5 aromatic rings.